The molecule has 0 fully saturated rings. The first kappa shape index (κ1) is 25.5. The van der Waals surface area contributed by atoms with E-state index in [0.717, 1.165) is 27.8 Å². The van der Waals surface area contributed by atoms with E-state index in [1.54, 1.807) is 40.0 Å². The molecule has 3 aromatic heterocycles. The number of aryl methyl sites for hydroxylation is 3. The van der Waals surface area contributed by atoms with Crippen LogP contribution in [-0.2, 0) is 5.60 Å². The minimum Gasteiger partial charge on any atom is -0.456 e. The number of hydrogen-bond acceptors (Lipinski definition) is 4. The van der Waals surface area contributed by atoms with Crippen LogP contribution in [0.2, 0.25) is 0 Å². The van der Waals surface area contributed by atoms with Crippen molar-refractivity contribution in [2.45, 2.75) is 47.1 Å². The lowest BCUT2D eigenvalue weighted by molar-refractivity contribution is 0.0786. The molecule has 5 rings (SSSR count). The lowest BCUT2D eigenvalue weighted by Gasteiger charge is -2.22. The van der Waals surface area contributed by atoms with Crippen LogP contribution >= 0.6 is 0 Å². The molecule has 3 N–H and O–H groups in total. The minimum absolute atomic E-state index is 0.213. The van der Waals surface area contributed by atoms with Crippen LogP contribution in [0.25, 0.3) is 27.7 Å². The molecule has 7 nitrogen and oxygen atoms in total. The van der Waals surface area contributed by atoms with Gasteiger partial charge in [-0.3, -0.25) is 4.79 Å². The van der Waals surface area contributed by atoms with E-state index >= 15 is 0 Å². The minimum atomic E-state index is -1.11. The summed E-state index contributed by atoms with van der Waals surface area (Å²) in [4.78, 5) is 20.6. The number of amides is 1. The first-order valence-electron chi connectivity index (χ1n) is 12.6. The summed E-state index contributed by atoms with van der Waals surface area (Å²) in [5.74, 6) is 0.560. The molecule has 2 aromatic carbocycles. The number of hydrogen-bond donors (Lipinski definition) is 3. The van der Waals surface area contributed by atoms with Crippen molar-refractivity contribution in [2.75, 3.05) is 6.54 Å². The van der Waals surface area contributed by atoms with Crippen LogP contribution in [0.4, 0.5) is 4.39 Å². The molecule has 0 atom stereocenters. The summed E-state index contributed by atoms with van der Waals surface area (Å²) in [6, 6.07) is 10.2. The highest BCUT2D eigenvalue weighted by molar-refractivity contribution is 6.07. The molecule has 0 saturated carbocycles. The largest absolute Gasteiger partial charge is 0.456 e. The molecule has 0 saturated heterocycles. The fraction of sp³-hybridized carbons (Fsp3) is 0.267. The van der Waals surface area contributed by atoms with Gasteiger partial charge in [-0.15, -0.1) is 0 Å². The van der Waals surface area contributed by atoms with E-state index < -0.39 is 5.60 Å². The van der Waals surface area contributed by atoms with Crippen LogP contribution in [0, 0.1) is 26.6 Å². The van der Waals surface area contributed by atoms with Crippen molar-refractivity contribution in [3.05, 3.63) is 82.7 Å². The maximum atomic E-state index is 14.0. The number of rotatable bonds is 6. The number of nitrogens with one attached hydrogen (secondary N) is 2. The van der Waals surface area contributed by atoms with E-state index in [-0.39, 0.29) is 11.7 Å². The van der Waals surface area contributed by atoms with E-state index in [2.05, 4.69) is 15.3 Å². The Hall–Kier alpha value is -4.17. The summed E-state index contributed by atoms with van der Waals surface area (Å²) in [5, 5.41) is 14.5. The highest BCUT2D eigenvalue weighted by Gasteiger charge is 2.23. The van der Waals surface area contributed by atoms with Crippen LogP contribution in [0.1, 0.15) is 53.6 Å². The molecule has 196 valence electrons. The molecule has 5 aromatic rings. The number of aromatic nitrogens is 3. The van der Waals surface area contributed by atoms with Crippen LogP contribution in [-0.4, -0.2) is 31.9 Å². The maximum Gasteiger partial charge on any atom is 0.267 e. The number of H-pyrrole nitrogens is 1. The number of pyridine rings is 1. The lowest BCUT2D eigenvalue weighted by Crippen LogP contribution is -2.22. The summed E-state index contributed by atoms with van der Waals surface area (Å²) in [7, 11) is 0. The third kappa shape index (κ3) is 4.41. The van der Waals surface area contributed by atoms with Gasteiger partial charge in [0.2, 0.25) is 0 Å². The summed E-state index contributed by atoms with van der Waals surface area (Å²) < 4.78 is 22.4. The van der Waals surface area contributed by atoms with Crippen LogP contribution < -0.4 is 10.1 Å². The molecule has 0 aliphatic heterocycles. The zero-order chi connectivity index (χ0) is 27.4. The number of halogens is 1. The number of aliphatic hydroxyl groups is 1. The van der Waals surface area contributed by atoms with Crippen molar-refractivity contribution < 1.29 is 19.0 Å². The van der Waals surface area contributed by atoms with Gasteiger partial charge >= 0.3 is 0 Å². The molecule has 0 radical (unpaired) electrons. The molecular formula is C30H31FN4O3. The van der Waals surface area contributed by atoms with Gasteiger partial charge in [0, 0.05) is 41.1 Å². The summed E-state index contributed by atoms with van der Waals surface area (Å²) in [5.41, 5.74) is 5.19. The predicted molar refractivity (Wildman–Crippen MR) is 146 cm³/mol. The number of imidazole rings is 1. The zero-order valence-electron chi connectivity index (χ0n) is 22.4. The molecule has 0 aliphatic carbocycles. The van der Waals surface area contributed by atoms with E-state index in [1.165, 1.54) is 12.1 Å². The highest BCUT2D eigenvalue weighted by Crippen LogP contribution is 2.42. The highest BCUT2D eigenvalue weighted by atomic mass is 19.1. The monoisotopic (exact) mass is 514 g/mol. The molecule has 1 amide bonds. The van der Waals surface area contributed by atoms with E-state index in [1.807, 2.05) is 42.6 Å². The fourth-order valence-electron chi connectivity index (χ4n) is 4.81. The maximum absolute atomic E-state index is 14.0. The topological polar surface area (TPSA) is 91.7 Å². The number of carbonyl (C=O) groups is 1. The first-order valence-corrected chi connectivity index (χ1v) is 12.6. The Balaban J connectivity index is 1.81. The first-order chi connectivity index (χ1) is 18.0. The Morgan fingerprint density at radius 2 is 1.84 bits per heavy atom. The second-order valence-electron chi connectivity index (χ2n) is 10.2. The molecule has 0 spiro atoms. The van der Waals surface area contributed by atoms with Gasteiger partial charge in [0.15, 0.2) is 0 Å². The van der Waals surface area contributed by atoms with Crippen molar-refractivity contribution in [3.8, 4) is 22.6 Å². The van der Waals surface area contributed by atoms with Crippen LogP contribution in [0.3, 0.4) is 0 Å². The van der Waals surface area contributed by atoms with Gasteiger partial charge in [-0.05, 0) is 88.6 Å². The number of ether oxygens (including phenoxy) is 1. The molecule has 0 aliphatic rings. The third-order valence-corrected chi connectivity index (χ3v) is 6.76. The van der Waals surface area contributed by atoms with Gasteiger partial charge in [-0.2, -0.15) is 0 Å². The second-order valence-corrected chi connectivity index (χ2v) is 10.2. The number of fused-ring (bicyclic) bond motifs is 3. The SMILES string of the molecule is CCNC(=O)c1cc2c([nH]1)c(-c1cc(C(C)(C)O)ccc1Oc1c(C)cc(F)cc1C)cn1c(C)cnc21. The molecule has 38 heavy (non-hydrogen) atoms. The van der Waals surface area contributed by atoms with Crippen molar-refractivity contribution in [2.24, 2.45) is 0 Å². The zero-order valence-corrected chi connectivity index (χ0v) is 22.4. The molecule has 0 unspecified atom stereocenters. The van der Waals surface area contributed by atoms with Gasteiger partial charge < -0.3 is 24.5 Å². The molecule has 3 heterocycles. The van der Waals surface area contributed by atoms with Gasteiger partial charge in [-0.25, -0.2) is 9.37 Å². The van der Waals surface area contributed by atoms with E-state index in [0.29, 0.717) is 46.0 Å². The smallest absolute Gasteiger partial charge is 0.267 e. The van der Waals surface area contributed by atoms with Gasteiger partial charge in [0.05, 0.1) is 11.1 Å². The van der Waals surface area contributed by atoms with E-state index in [4.69, 9.17) is 4.74 Å². The summed E-state index contributed by atoms with van der Waals surface area (Å²) in [6.07, 6.45) is 3.74. The van der Waals surface area contributed by atoms with Gasteiger partial charge in [0.25, 0.3) is 5.91 Å². The summed E-state index contributed by atoms with van der Waals surface area (Å²) in [6.45, 7) is 11.4. The third-order valence-electron chi connectivity index (χ3n) is 6.76. The second kappa shape index (κ2) is 9.29. The molecule has 8 heteroatoms. The fourth-order valence-corrected chi connectivity index (χ4v) is 4.81. The Kier molecular flexibility index (Phi) is 6.23. The van der Waals surface area contributed by atoms with Crippen molar-refractivity contribution in [1.82, 2.24) is 19.7 Å². The molecule has 0 bridgehead atoms. The lowest BCUT2D eigenvalue weighted by atomic mass is 9.93. The average Bonchev–Trinajstić information content (AvgIpc) is 3.44. The quantitative estimate of drug-likeness (QED) is 0.247. The Bertz CT molecular complexity index is 1690. The van der Waals surface area contributed by atoms with Crippen molar-refractivity contribution >= 4 is 22.5 Å². The van der Waals surface area contributed by atoms with E-state index in [9.17, 15) is 14.3 Å². The predicted octanol–water partition coefficient (Wildman–Crippen LogP) is 6.32. The van der Waals surface area contributed by atoms with Gasteiger partial charge in [-0.1, -0.05) is 6.07 Å². The van der Waals surface area contributed by atoms with Crippen molar-refractivity contribution in [1.29, 1.82) is 0 Å². The Morgan fingerprint density at radius 1 is 1.13 bits per heavy atom. The molecular weight excluding hydrogens is 483 g/mol. The van der Waals surface area contributed by atoms with Crippen molar-refractivity contribution in [3.63, 3.8) is 0 Å². The van der Waals surface area contributed by atoms with Crippen LogP contribution in [0.15, 0.2) is 48.8 Å². The number of aromatic amines is 1. The standard InChI is InChI=1S/C30H31FN4O3/c1-7-32-29(36)24-13-22-26(34-24)23(15-35-18(4)14-33-28(22)35)21-12-19(30(5,6)37)8-9-25(21)38-27-16(2)10-20(31)11-17(27)3/h8-15,34,37H,7H2,1-6H3,(H,32,36). The Labute approximate surface area is 220 Å². The summed E-state index contributed by atoms with van der Waals surface area (Å²) >= 11 is 0. The average molecular weight is 515 g/mol. The number of benzene rings is 2. The van der Waals surface area contributed by atoms with Crippen LogP contribution in [0.5, 0.6) is 11.5 Å². The van der Waals surface area contributed by atoms with Gasteiger partial charge in [0.1, 0.15) is 28.7 Å². The normalized spacial score (nSPS) is 11.9. The number of carbonyl (C=O) groups excluding carboxylic acids is 1. The number of nitrogens with zero attached hydrogens (tertiary/aromatic N) is 2. The Morgan fingerprint density at radius 3 is 2.50 bits per heavy atom.